The molecule has 2 rings (SSSR count). The molecule has 0 atom stereocenters. The van der Waals surface area contributed by atoms with Gasteiger partial charge in [-0.3, -0.25) is 0 Å². The van der Waals surface area contributed by atoms with Crippen molar-refractivity contribution in [2.24, 2.45) is 0 Å². The summed E-state index contributed by atoms with van der Waals surface area (Å²) < 4.78 is 0.683. The molecular weight excluding hydrogens is 298 g/mol. The molecule has 1 aliphatic rings. The van der Waals surface area contributed by atoms with E-state index in [1.54, 1.807) is 12.3 Å². The summed E-state index contributed by atoms with van der Waals surface area (Å²) in [5.41, 5.74) is 0.241. The first-order valence-electron chi connectivity index (χ1n) is 5.92. The number of carboxylic acids is 1. The van der Waals surface area contributed by atoms with E-state index < -0.39 is 5.97 Å². The molecule has 5 nitrogen and oxygen atoms in total. The average Bonchev–Trinajstić information content (AvgIpc) is 2.39. The summed E-state index contributed by atoms with van der Waals surface area (Å²) in [4.78, 5) is 17.5. The lowest BCUT2D eigenvalue weighted by Crippen LogP contribution is -2.42. The van der Waals surface area contributed by atoms with Crippen LogP contribution in [0, 0.1) is 0 Å². The standard InChI is InChI=1S/C12H16BrN3O2/c1-16(9-2-4-14-5-3-9)11-10(12(17)18)6-8(13)7-15-11/h6-7,9,14H,2-5H2,1H3,(H,17,18). The first-order chi connectivity index (χ1) is 8.59. The van der Waals surface area contributed by atoms with Crippen molar-refractivity contribution in [1.29, 1.82) is 0 Å². The van der Waals surface area contributed by atoms with Gasteiger partial charge in [0.05, 0.1) is 0 Å². The number of pyridine rings is 1. The van der Waals surface area contributed by atoms with Gasteiger partial charge in [-0.1, -0.05) is 0 Å². The number of nitrogens with zero attached hydrogens (tertiary/aromatic N) is 2. The maximum absolute atomic E-state index is 11.3. The Kier molecular flexibility index (Phi) is 4.19. The Morgan fingerprint density at radius 1 is 1.56 bits per heavy atom. The highest BCUT2D eigenvalue weighted by Gasteiger charge is 2.23. The number of hydrogen-bond acceptors (Lipinski definition) is 4. The fourth-order valence-corrected chi connectivity index (χ4v) is 2.57. The molecule has 0 bridgehead atoms. The van der Waals surface area contributed by atoms with Crippen LogP contribution >= 0.6 is 15.9 Å². The summed E-state index contributed by atoms with van der Waals surface area (Å²) in [5, 5.41) is 12.5. The Morgan fingerprint density at radius 2 is 2.22 bits per heavy atom. The SMILES string of the molecule is CN(c1ncc(Br)cc1C(=O)O)C1CCNCC1. The van der Waals surface area contributed by atoms with Gasteiger partial charge in [0.1, 0.15) is 11.4 Å². The van der Waals surface area contributed by atoms with Crippen molar-refractivity contribution in [3.05, 3.63) is 22.3 Å². The number of rotatable bonds is 3. The fourth-order valence-electron chi connectivity index (χ4n) is 2.24. The minimum atomic E-state index is -0.945. The zero-order valence-electron chi connectivity index (χ0n) is 10.2. The van der Waals surface area contributed by atoms with Gasteiger partial charge in [-0.15, -0.1) is 0 Å². The Bertz CT molecular complexity index is 447. The molecule has 1 aromatic rings. The third-order valence-corrected chi connectivity index (χ3v) is 3.69. The van der Waals surface area contributed by atoms with Crippen LogP contribution in [-0.4, -0.2) is 42.2 Å². The fraction of sp³-hybridized carbons (Fsp3) is 0.500. The molecule has 18 heavy (non-hydrogen) atoms. The van der Waals surface area contributed by atoms with Gasteiger partial charge in [0, 0.05) is 23.8 Å². The molecule has 98 valence electrons. The smallest absolute Gasteiger partial charge is 0.339 e. The Labute approximate surface area is 114 Å². The van der Waals surface area contributed by atoms with Crippen molar-refractivity contribution < 1.29 is 9.90 Å². The van der Waals surface area contributed by atoms with E-state index in [9.17, 15) is 9.90 Å². The van der Waals surface area contributed by atoms with Gasteiger partial charge >= 0.3 is 5.97 Å². The van der Waals surface area contributed by atoms with Crippen LogP contribution in [0.5, 0.6) is 0 Å². The molecule has 1 aromatic heterocycles. The Balaban J connectivity index is 2.28. The highest BCUT2D eigenvalue weighted by atomic mass is 79.9. The molecule has 6 heteroatoms. The molecule has 1 saturated heterocycles. The molecule has 2 heterocycles. The van der Waals surface area contributed by atoms with Gasteiger partial charge < -0.3 is 15.3 Å². The first-order valence-corrected chi connectivity index (χ1v) is 6.71. The molecule has 0 aliphatic carbocycles. The molecule has 0 unspecified atom stereocenters. The van der Waals surface area contributed by atoms with Crippen LogP contribution in [0.3, 0.4) is 0 Å². The highest BCUT2D eigenvalue weighted by Crippen LogP contribution is 2.24. The number of carboxylic acid groups (broad SMARTS) is 1. The van der Waals surface area contributed by atoms with Crippen molar-refractivity contribution in [1.82, 2.24) is 10.3 Å². The topological polar surface area (TPSA) is 65.5 Å². The number of aromatic carboxylic acids is 1. The van der Waals surface area contributed by atoms with Gasteiger partial charge in [0.25, 0.3) is 0 Å². The van der Waals surface area contributed by atoms with Crippen molar-refractivity contribution in [3.8, 4) is 0 Å². The lowest BCUT2D eigenvalue weighted by atomic mass is 10.0. The van der Waals surface area contributed by atoms with Gasteiger partial charge in [-0.2, -0.15) is 0 Å². The van der Waals surface area contributed by atoms with E-state index in [0.717, 1.165) is 25.9 Å². The van der Waals surface area contributed by atoms with Gasteiger partial charge in [0.15, 0.2) is 0 Å². The number of carbonyl (C=O) groups is 1. The van der Waals surface area contributed by atoms with Crippen LogP contribution in [0.2, 0.25) is 0 Å². The minimum Gasteiger partial charge on any atom is -0.478 e. The minimum absolute atomic E-state index is 0.241. The van der Waals surface area contributed by atoms with Crippen molar-refractivity contribution in [2.75, 3.05) is 25.0 Å². The number of nitrogens with one attached hydrogen (secondary N) is 1. The molecule has 0 aromatic carbocycles. The molecular formula is C12H16BrN3O2. The summed E-state index contributed by atoms with van der Waals surface area (Å²) in [5.74, 6) is -0.405. The van der Waals surface area contributed by atoms with E-state index >= 15 is 0 Å². The molecule has 0 spiro atoms. The number of halogens is 1. The van der Waals surface area contributed by atoms with Crippen LogP contribution in [0.1, 0.15) is 23.2 Å². The van der Waals surface area contributed by atoms with Crippen LogP contribution in [0.15, 0.2) is 16.7 Å². The van der Waals surface area contributed by atoms with Gasteiger partial charge in [-0.25, -0.2) is 9.78 Å². The van der Waals surface area contributed by atoms with Crippen molar-refractivity contribution in [2.45, 2.75) is 18.9 Å². The van der Waals surface area contributed by atoms with Crippen LogP contribution in [0.4, 0.5) is 5.82 Å². The molecule has 0 saturated carbocycles. The Morgan fingerprint density at radius 3 is 2.83 bits per heavy atom. The summed E-state index contributed by atoms with van der Waals surface area (Å²) >= 11 is 3.26. The van der Waals surface area contributed by atoms with E-state index in [1.807, 2.05) is 11.9 Å². The van der Waals surface area contributed by atoms with E-state index in [-0.39, 0.29) is 5.56 Å². The lowest BCUT2D eigenvalue weighted by Gasteiger charge is -2.33. The summed E-state index contributed by atoms with van der Waals surface area (Å²) in [7, 11) is 1.92. The molecule has 1 aliphatic heterocycles. The summed E-state index contributed by atoms with van der Waals surface area (Å²) in [6, 6.07) is 1.94. The van der Waals surface area contributed by atoms with Gasteiger partial charge in [-0.05, 0) is 47.9 Å². The van der Waals surface area contributed by atoms with Crippen LogP contribution in [0.25, 0.3) is 0 Å². The number of hydrogen-bond donors (Lipinski definition) is 2. The second-order valence-electron chi connectivity index (χ2n) is 4.42. The monoisotopic (exact) mass is 313 g/mol. The normalized spacial score (nSPS) is 16.6. The Hall–Kier alpha value is -1.14. The molecule has 2 N–H and O–H groups in total. The predicted molar refractivity (Wildman–Crippen MR) is 73.2 cm³/mol. The highest BCUT2D eigenvalue weighted by molar-refractivity contribution is 9.10. The average molecular weight is 314 g/mol. The van der Waals surface area contributed by atoms with E-state index in [1.165, 1.54) is 0 Å². The third kappa shape index (κ3) is 2.81. The second-order valence-corrected chi connectivity index (χ2v) is 5.34. The first kappa shape index (κ1) is 13.3. The molecule has 1 fully saturated rings. The summed E-state index contributed by atoms with van der Waals surface area (Å²) in [6.07, 6.45) is 3.65. The quantitative estimate of drug-likeness (QED) is 0.889. The van der Waals surface area contributed by atoms with E-state index in [4.69, 9.17) is 0 Å². The zero-order valence-corrected chi connectivity index (χ0v) is 11.8. The van der Waals surface area contributed by atoms with Crippen molar-refractivity contribution >= 4 is 27.7 Å². The lowest BCUT2D eigenvalue weighted by molar-refractivity contribution is 0.0697. The number of aromatic nitrogens is 1. The maximum atomic E-state index is 11.3. The predicted octanol–water partition coefficient (Wildman–Crippen LogP) is 1.73. The zero-order chi connectivity index (χ0) is 13.1. The number of anilines is 1. The van der Waals surface area contributed by atoms with Gasteiger partial charge in [0.2, 0.25) is 0 Å². The van der Waals surface area contributed by atoms with Crippen LogP contribution < -0.4 is 10.2 Å². The number of piperidine rings is 1. The largest absolute Gasteiger partial charge is 0.478 e. The van der Waals surface area contributed by atoms with E-state index in [2.05, 4.69) is 26.2 Å². The summed E-state index contributed by atoms with van der Waals surface area (Å²) in [6.45, 7) is 1.93. The van der Waals surface area contributed by atoms with Crippen LogP contribution in [-0.2, 0) is 0 Å². The third-order valence-electron chi connectivity index (χ3n) is 3.25. The van der Waals surface area contributed by atoms with E-state index in [0.29, 0.717) is 16.3 Å². The second kappa shape index (κ2) is 5.67. The molecule has 0 amide bonds. The molecule has 0 radical (unpaired) electrons. The van der Waals surface area contributed by atoms with Crippen molar-refractivity contribution in [3.63, 3.8) is 0 Å². The maximum Gasteiger partial charge on any atom is 0.339 e.